The lowest BCUT2D eigenvalue weighted by atomic mass is 10.1. The monoisotopic (exact) mass is 327 g/mol. The maximum Gasteiger partial charge on any atom is 0.337 e. The SMILES string of the molecule is O=C(O)c1cnc2cccc(NC3=CC(=O)N(CCO)C3=O)c2c1. The molecule has 24 heavy (non-hydrogen) atoms. The van der Waals surface area contributed by atoms with Crippen LogP contribution in [0.25, 0.3) is 10.9 Å². The van der Waals surface area contributed by atoms with Crippen molar-refractivity contribution in [2.75, 3.05) is 18.5 Å². The summed E-state index contributed by atoms with van der Waals surface area (Å²) in [6.45, 7) is -0.404. The number of aromatic carboxylic acids is 1. The minimum Gasteiger partial charge on any atom is -0.478 e. The fraction of sp³-hybridized carbons (Fsp3) is 0.125. The summed E-state index contributed by atoms with van der Waals surface area (Å²) < 4.78 is 0. The third-order valence-corrected chi connectivity index (χ3v) is 3.57. The molecular formula is C16H13N3O5. The van der Waals surface area contributed by atoms with Gasteiger partial charge in [0, 0.05) is 23.3 Å². The highest BCUT2D eigenvalue weighted by molar-refractivity contribution is 6.18. The van der Waals surface area contributed by atoms with Crippen LogP contribution in [0.15, 0.2) is 42.2 Å². The quantitative estimate of drug-likeness (QED) is 0.687. The number of hydrogen-bond donors (Lipinski definition) is 3. The van der Waals surface area contributed by atoms with E-state index in [0.29, 0.717) is 16.6 Å². The number of carbonyl (C=O) groups is 3. The van der Waals surface area contributed by atoms with Gasteiger partial charge in [-0.15, -0.1) is 0 Å². The Labute approximate surface area is 136 Å². The highest BCUT2D eigenvalue weighted by Crippen LogP contribution is 2.25. The van der Waals surface area contributed by atoms with E-state index in [0.717, 1.165) is 11.0 Å². The number of aromatic nitrogens is 1. The van der Waals surface area contributed by atoms with Crippen LogP contribution in [0, 0.1) is 0 Å². The number of nitrogens with one attached hydrogen (secondary N) is 1. The topological polar surface area (TPSA) is 120 Å². The van der Waals surface area contributed by atoms with Crippen LogP contribution in [-0.4, -0.2) is 51.0 Å². The Hall–Kier alpha value is -3.26. The zero-order valence-corrected chi connectivity index (χ0v) is 12.4. The number of hydrogen-bond acceptors (Lipinski definition) is 6. The molecule has 1 aromatic carbocycles. The van der Waals surface area contributed by atoms with Crippen LogP contribution < -0.4 is 5.32 Å². The van der Waals surface area contributed by atoms with Gasteiger partial charge in [-0.3, -0.25) is 19.5 Å². The lowest BCUT2D eigenvalue weighted by Gasteiger charge is -2.14. The van der Waals surface area contributed by atoms with Gasteiger partial charge in [0.25, 0.3) is 11.8 Å². The first-order chi connectivity index (χ1) is 11.5. The summed E-state index contributed by atoms with van der Waals surface area (Å²) in [6, 6.07) is 6.51. The lowest BCUT2D eigenvalue weighted by molar-refractivity contribution is -0.137. The summed E-state index contributed by atoms with van der Waals surface area (Å²) in [7, 11) is 0. The number of carbonyl (C=O) groups excluding carboxylic acids is 2. The second kappa shape index (κ2) is 6.09. The number of imide groups is 1. The Morgan fingerprint density at radius 1 is 1.29 bits per heavy atom. The number of aliphatic hydroxyl groups is 1. The molecule has 8 heteroatoms. The molecule has 0 spiro atoms. The van der Waals surface area contributed by atoms with Gasteiger partial charge in [-0.05, 0) is 18.2 Å². The molecule has 0 bridgehead atoms. The Balaban J connectivity index is 1.97. The molecule has 2 heterocycles. The van der Waals surface area contributed by atoms with E-state index in [1.165, 1.54) is 12.3 Å². The number of amides is 2. The van der Waals surface area contributed by atoms with E-state index in [-0.39, 0.29) is 24.4 Å². The number of nitrogens with zero attached hydrogens (tertiary/aromatic N) is 2. The smallest absolute Gasteiger partial charge is 0.337 e. The molecule has 0 unspecified atom stereocenters. The van der Waals surface area contributed by atoms with E-state index in [4.69, 9.17) is 10.2 Å². The molecule has 3 rings (SSSR count). The van der Waals surface area contributed by atoms with Crippen molar-refractivity contribution in [2.45, 2.75) is 0 Å². The van der Waals surface area contributed by atoms with Crippen LogP contribution in [0.4, 0.5) is 5.69 Å². The van der Waals surface area contributed by atoms with E-state index < -0.39 is 17.8 Å². The van der Waals surface area contributed by atoms with Crippen LogP contribution in [0.2, 0.25) is 0 Å². The molecule has 3 N–H and O–H groups in total. The molecule has 1 aliphatic heterocycles. The van der Waals surface area contributed by atoms with Gasteiger partial charge in [0.15, 0.2) is 0 Å². The molecule has 1 aliphatic rings. The van der Waals surface area contributed by atoms with Crippen molar-refractivity contribution in [1.29, 1.82) is 0 Å². The number of carboxylic acids is 1. The Kier molecular flexibility index (Phi) is 3.97. The minimum absolute atomic E-state index is 0.0152. The Bertz CT molecular complexity index is 890. The van der Waals surface area contributed by atoms with Crippen LogP contribution >= 0.6 is 0 Å². The van der Waals surface area contributed by atoms with Crippen LogP contribution in [0.1, 0.15) is 10.4 Å². The predicted molar refractivity (Wildman–Crippen MR) is 84.2 cm³/mol. The van der Waals surface area contributed by atoms with Crippen molar-refractivity contribution in [1.82, 2.24) is 9.88 Å². The molecule has 0 aliphatic carbocycles. The van der Waals surface area contributed by atoms with Gasteiger partial charge in [0.1, 0.15) is 5.70 Å². The van der Waals surface area contributed by atoms with Crippen LogP contribution in [0.5, 0.6) is 0 Å². The number of pyridine rings is 1. The minimum atomic E-state index is -1.11. The van der Waals surface area contributed by atoms with E-state index in [2.05, 4.69) is 10.3 Å². The Morgan fingerprint density at radius 3 is 2.79 bits per heavy atom. The van der Waals surface area contributed by atoms with Crippen molar-refractivity contribution >= 4 is 34.4 Å². The predicted octanol–water partition coefficient (Wildman–Crippen LogP) is 0.590. The molecule has 1 aromatic heterocycles. The molecule has 0 fully saturated rings. The molecule has 0 saturated heterocycles. The number of β-amino-alcohol motifs (C(OH)–C–C–N with tert-alkyl or cyclic N) is 1. The van der Waals surface area contributed by atoms with Crippen molar-refractivity contribution < 1.29 is 24.6 Å². The van der Waals surface area contributed by atoms with Crippen molar-refractivity contribution in [3.63, 3.8) is 0 Å². The molecule has 0 atom stereocenters. The first-order valence-electron chi connectivity index (χ1n) is 7.08. The number of benzene rings is 1. The van der Waals surface area contributed by atoms with Gasteiger partial charge in [-0.2, -0.15) is 0 Å². The number of fused-ring (bicyclic) bond motifs is 1. The normalized spacial score (nSPS) is 14.2. The molecule has 2 aromatic rings. The molecule has 8 nitrogen and oxygen atoms in total. The third kappa shape index (κ3) is 2.70. The summed E-state index contributed by atoms with van der Waals surface area (Å²) in [5, 5.41) is 21.4. The highest BCUT2D eigenvalue weighted by atomic mass is 16.4. The number of anilines is 1. The number of aliphatic hydroxyl groups excluding tert-OH is 1. The van der Waals surface area contributed by atoms with E-state index in [1.807, 2.05) is 0 Å². The van der Waals surface area contributed by atoms with Gasteiger partial charge in [0.05, 0.1) is 24.2 Å². The third-order valence-electron chi connectivity index (χ3n) is 3.57. The first-order valence-corrected chi connectivity index (χ1v) is 7.08. The molecule has 2 amide bonds. The van der Waals surface area contributed by atoms with Gasteiger partial charge in [-0.25, -0.2) is 4.79 Å². The number of carboxylic acid groups (broad SMARTS) is 1. The maximum absolute atomic E-state index is 12.2. The van der Waals surface area contributed by atoms with E-state index >= 15 is 0 Å². The lowest BCUT2D eigenvalue weighted by Crippen LogP contribution is -2.34. The van der Waals surface area contributed by atoms with Crippen LogP contribution in [0.3, 0.4) is 0 Å². The van der Waals surface area contributed by atoms with Crippen LogP contribution in [-0.2, 0) is 9.59 Å². The molecule has 0 radical (unpaired) electrons. The second-order valence-electron chi connectivity index (χ2n) is 5.10. The summed E-state index contributed by atoms with van der Waals surface area (Å²) in [5.74, 6) is -2.17. The van der Waals surface area contributed by atoms with Crippen molar-refractivity contribution in [3.8, 4) is 0 Å². The zero-order chi connectivity index (χ0) is 17.3. The fourth-order valence-electron chi connectivity index (χ4n) is 2.43. The average Bonchev–Trinajstić information content (AvgIpc) is 2.82. The zero-order valence-electron chi connectivity index (χ0n) is 12.4. The van der Waals surface area contributed by atoms with Crippen molar-refractivity contribution in [3.05, 3.63) is 47.8 Å². The van der Waals surface area contributed by atoms with E-state index in [9.17, 15) is 14.4 Å². The number of rotatable bonds is 5. The fourth-order valence-corrected chi connectivity index (χ4v) is 2.43. The first kappa shape index (κ1) is 15.6. The summed E-state index contributed by atoms with van der Waals surface area (Å²) in [5.41, 5.74) is 1.08. The van der Waals surface area contributed by atoms with Gasteiger partial charge in [-0.1, -0.05) is 6.07 Å². The Morgan fingerprint density at radius 2 is 2.08 bits per heavy atom. The standard InChI is InChI=1S/C16H13N3O5/c20-5-4-19-14(21)7-13(15(19)22)18-12-3-1-2-11-10(12)6-9(8-17-11)16(23)24/h1-3,6-8,18,20H,4-5H2,(H,23,24). The maximum atomic E-state index is 12.2. The highest BCUT2D eigenvalue weighted by Gasteiger charge is 2.30. The average molecular weight is 327 g/mol. The second-order valence-corrected chi connectivity index (χ2v) is 5.10. The largest absolute Gasteiger partial charge is 0.478 e. The van der Waals surface area contributed by atoms with Gasteiger partial charge in [0.2, 0.25) is 0 Å². The molecular weight excluding hydrogens is 314 g/mol. The van der Waals surface area contributed by atoms with Crippen molar-refractivity contribution in [2.24, 2.45) is 0 Å². The summed E-state index contributed by atoms with van der Waals surface area (Å²) in [4.78, 5) is 40.1. The van der Waals surface area contributed by atoms with E-state index in [1.54, 1.807) is 18.2 Å². The summed E-state index contributed by atoms with van der Waals surface area (Å²) >= 11 is 0. The molecule has 0 saturated carbocycles. The van der Waals surface area contributed by atoms with Gasteiger partial charge >= 0.3 is 5.97 Å². The molecule has 122 valence electrons. The summed E-state index contributed by atoms with van der Waals surface area (Å²) in [6.07, 6.45) is 2.40. The van der Waals surface area contributed by atoms with Gasteiger partial charge < -0.3 is 15.5 Å².